The van der Waals surface area contributed by atoms with Crippen LogP contribution in [0.15, 0.2) is 34.1 Å². The van der Waals surface area contributed by atoms with Gasteiger partial charge < -0.3 is 15.5 Å². The molecule has 0 saturated carbocycles. The number of nitrogens with two attached hydrogens (primary N) is 1. The molecule has 2 aromatic heterocycles. The average molecular weight is 477 g/mol. The van der Waals surface area contributed by atoms with Gasteiger partial charge in [-0.3, -0.25) is 4.99 Å². The van der Waals surface area contributed by atoms with E-state index in [9.17, 15) is 0 Å². The quantitative estimate of drug-likeness (QED) is 0.418. The van der Waals surface area contributed by atoms with Crippen molar-refractivity contribution in [3.05, 3.63) is 34.0 Å². The van der Waals surface area contributed by atoms with Gasteiger partial charge in [-0.15, -0.1) is 46.7 Å². The molecule has 0 aromatic carbocycles. The fraction of sp³-hybridized carbons (Fsp3) is 0.500. The van der Waals surface area contributed by atoms with Gasteiger partial charge in [-0.2, -0.15) is 0 Å². The molecular formula is C16H24IN5S2. The zero-order chi connectivity index (χ0) is 16.3. The van der Waals surface area contributed by atoms with E-state index in [4.69, 9.17) is 5.73 Å². The number of aromatic nitrogens is 1. The highest BCUT2D eigenvalue weighted by atomic mass is 127. The van der Waals surface area contributed by atoms with Gasteiger partial charge in [0.2, 0.25) is 0 Å². The highest BCUT2D eigenvalue weighted by molar-refractivity contribution is 14.0. The maximum Gasteiger partial charge on any atom is 0.191 e. The first kappa shape index (κ1) is 19.5. The number of halogens is 1. The van der Waals surface area contributed by atoms with Crippen molar-refractivity contribution in [3.63, 3.8) is 0 Å². The Balaban J connectivity index is 0.00000208. The van der Waals surface area contributed by atoms with Crippen LogP contribution in [0.2, 0.25) is 0 Å². The van der Waals surface area contributed by atoms with Crippen molar-refractivity contribution in [1.82, 2.24) is 9.88 Å². The van der Waals surface area contributed by atoms with Crippen LogP contribution in [0.5, 0.6) is 0 Å². The van der Waals surface area contributed by atoms with Crippen LogP contribution < -0.4 is 10.6 Å². The van der Waals surface area contributed by atoms with Crippen LogP contribution in [0.1, 0.15) is 18.7 Å². The maximum absolute atomic E-state index is 6.22. The molecule has 0 atom stereocenters. The molecule has 5 nitrogen and oxygen atoms in total. The predicted molar refractivity (Wildman–Crippen MR) is 115 cm³/mol. The number of nitrogens with zero attached hydrogens (tertiary/aromatic N) is 4. The van der Waals surface area contributed by atoms with Gasteiger partial charge in [0.1, 0.15) is 0 Å². The molecule has 1 aliphatic heterocycles. The summed E-state index contributed by atoms with van der Waals surface area (Å²) >= 11 is 3.47. The molecule has 2 N–H and O–H groups in total. The minimum atomic E-state index is 0. The summed E-state index contributed by atoms with van der Waals surface area (Å²) in [6.45, 7) is 8.83. The molecule has 1 aliphatic rings. The van der Waals surface area contributed by atoms with E-state index in [1.54, 1.807) is 22.7 Å². The van der Waals surface area contributed by atoms with E-state index in [0.29, 0.717) is 12.5 Å². The average Bonchev–Trinajstić information content (AvgIpc) is 3.26. The number of thiazole rings is 1. The van der Waals surface area contributed by atoms with Gasteiger partial charge in [-0.05, 0) is 11.4 Å². The number of hydrogen-bond acceptors (Lipinski definition) is 5. The topological polar surface area (TPSA) is 57.8 Å². The molecule has 0 unspecified atom stereocenters. The van der Waals surface area contributed by atoms with Gasteiger partial charge in [0.05, 0.1) is 6.54 Å². The molecule has 8 heteroatoms. The van der Waals surface area contributed by atoms with Crippen molar-refractivity contribution in [1.29, 1.82) is 0 Å². The maximum atomic E-state index is 6.22. The third kappa shape index (κ3) is 4.60. The third-order valence-electron chi connectivity index (χ3n) is 4.12. The number of anilines is 1. The second-order valence-electron chi connectivity index (χ2n) is 6.32. The SMILES string of the molecule is CC(C)(CN=C(N)N1CCN(c2nccs2)CC1)c1cccs1.I. The van der Waals surface area contributed by atoms with Crippen molar-refractivity contribution in [2.24, 2.45) is 10.7 Å². The van der Waals surface area contributed by atoms with E-state index in [2.05, 4.69) is 51.1 Å². The Hall–Kier alpha value is -0.870. The van der Waals surface area contributed by atoms with E-state index < -0.39 is 0 Å². The van der Waals surface area contributed by atoms with E-state index >= 15 is 0 Å². The Kier molecular flexibility index (Phi) is 6.88. The van der Waals surface area contributed by atoms with Gasteiger partial charge in [-0.25, -0.2) is 4.98 Å². The molecule has 1 saturated heterocycles. The Labute approximate surface area is 168 Å². The highest BCUT2D eigenvalue weighted by Gasteiger charge is 2.23. The first-order chi connectivity index (χ1) is 11.1. The van der Waals surface area contributed by atoms with Crippen LogP contribution in [-0.4, -0.2) is 48.6 Å². The molecule has 0 spiro atoms. The first-order valence-electron chi connectivity index (χ1n) is 7.79. The minimum absolute atomic E-state index is 0. The minimum Gasteiger partial charge on any atom is -0.370 e. The van der Waals surface area contributed by atoms with Gasteiger partial charge in [0, 0.05) is 48.0 Å². The van der Waals surface area contributed by atoms with Crippen LogP contribution in [0.3, 0.4) is 0 Å². The third-order valence-corrected chi connectivity index (χ3v) is 6.19. The summed E-state index contributed by atoms with van der Waals surface area (Å²) in [4.78, 5) is 14.9. The lowest BCUT2D eigenvalue weighted by Crippen LogP contribution is -2.51. The summed E-state index contributed by atoms with van der Waals surface area (Å²) in [5.74, 6) is 0.661. The summed E-state index contributed by atoms with van der Waals surface area (Å²) in [5.41, 5.74) is 6.25. The molecule has 0 amide bonds. The molecular weight excluding hydrogens is 453 g/mol. The standard InChI is InChI=1S/C16H23N5S2.HI/c1-16(2,13-4-3-10-22-13)12-19-14(17)20-6-8-21(9-7-20)15-18-5-11-23-15;/h3-5,10-11H,6-9,12H2,1-2H3,(H2,17,19);1H. The highest BCUT2D eigenvalue weighted by Crippen LogP contribution is 2.27. The monoisotopic (exact) mass is 477 g/mol. The molecule has 3 rings (SSSR count). The Morgan fingerprint density at radius 3 is 2.58 bits per heavy atom. The summed E-state index contributed by atoms with van der Waals surface area (Å²) in [6, 6.07) is 4.26. The summed E-state index contributed by atoms with van der Waals surface area (Å²) < 4.78 is 0. The van der Waals surface area contributed by atoms with Crippen LogP contribution >= 0.6 is 46.7 Å². The van der Waals surface area contributed by atoms with E-state index in [1.807, 2.05) is 11.6 Å². The van der Waals surface area contributed by atoms with Gasteiger partial charge in [0.15, 0.2) is 11.1 Å². The first-order valence-corrected chi connectivity index (χ1v) is 9.55. The second kappa shape index (κ2) is 8.48. The Morgan fingerprint density at radius 2 is 2.00 bits per heavy atom. The van der Waals surface area contributed by atoms with Crippen molar-refractivity contribution < 1.29 is 0 Å². The molecule has 3 heterocycles. The zero-order valence-electron chi connectivity index (χ0n) is 14.0. The predicted octanol–water partition coefficient (Wildman–Crippen LogP) is 3.24. The molecule has 0 aliphatic carbocycles. The van der Waals surface area contributed by atoms with Gasteiger partial charge in [-0.1, -0.05) is 19.9 Å². The number of piperazine rings is 1. The second-order valence-corrected chi connectivity index (χ2v) is 8.15. The lowest BCUT2D eigenvalue weighted by Gasteiger charge is -2.35. The fourth-order valence-corrected chi connectivity index (χ4v) is 4.16. The largest absolute Gasteiger partial charge is 0.370 e. The number of guanidine groups is 1. The number of hydrogen-bond donors (Lipinski definition) is 1. The normalized spacial score (nSPS) is 16.2. The lowest BCUT2D eigenvalue weighted by atomic mass is 9.92. The van der Waals surface area contributed by atoms with E-state index in [0.717, 1.165) is 31.3 Å². The van der Waals surface area contributed by atoms with Gasteiger partial charge >= 0.3 is 0 Å². The van der Waals surface area contributed by atoms with Crippen molar-refractivity contribution in [2.75, 3.05) is 37.6 Å². The van der Waals surface area contributed by atoms with Crippen molar-refractivity contribution in [3.8, 4) is 0 Å². The van der Waals surface area contributed by atoms with E-state index in [-0.39, 0.29) is 29.4 Å². The summed E-state index contributed by atoms with van der Waals surface area (Å²) in [5, 5.41) is 5.23. The molecule has 2 aromatic rings. The van der Waals surface area contributed by atoms with Crippen molar-refractivity contribution >= 4 is 57.7 Å². The molecule has 24 heavy (non-hydrogen) atoms. The molecule has 132 valence electrons. The van der Waals surface area contributed by atoms with Crippen LogP contribution in [0.25, 0.3) is 0 Å². The zero-order valence-corrected chi connectivity index (χ0v) is 18.0. The van der Waals surface area contributed by atoms with Crippen LogP contribution in [0, 0.1) is 0 Å². The Morgan fingerprint density at radius 1 is 1.25 bits per heavy atom. The smallest absolute Gasteiger partial charge is 0.191 e. The summed E-state index contributed by atoms with van der Waals surface area (Å²) in [6.07, 6.45) is 1.86. The molecule has 0 bridgehead atoms. The number of aliphatic imine (C=N–C) groups is 1. The molecule has 0 radical (unpaired) electrons. The van der Waals surface area contributed by atoms with E-state index in [1.165, 1.54) is 4.88 Å². The number of thiophene rings is 1. The summed E-state index contributed by atoms with van der Waals surface area (Å²) in [7, 11) is 0. The molecule has 1 fully saturated rings. The van der Waals surface area contributed by atoms with Crippen molar-refractivity contribution in [2.45, 2.75) is 19.3 Å². The van der Waals surface area contributed by atoms with Crippen LogP contribution in [-0.2, 0) is 5.41 Å². The lowest BCUT2D eigenvalue weighted by molar-refractivity contribution is 0.378. The Bertz CT molecular complexity index is 631. The number of rotatable bonds is 4. The fourth-order valence-electron chi connectivity index (χ4n) is 2.62. The van der Waals surface area contributed by atoms with Crippen LogP contribution in [0.4, 0.5) is 5.13 Å². The van der Waals surface area contributed by atoms with Gasteiger partial charge in [0.25, 0.3) is 0 Å².